The molecule has 0 unspecified atom stereocenters. The molecule has 19 heavy (non-hydrogen) atoms. The van der Waals surface area contributed by atoms with Gasteiger partial charge in [-0.3, -0.25) is 9.78 Å². The maximum absolute atomic E-state index is 11.9. The van der Waals surface area contributed by atoms with Gasteiger partial charge >= 0.3 is 5.97 Å². The van der Waals surface area contributed by atoms with Crippen LogP contribution in [0.3, 0.4) is 0 Å². The van der Waals surface area contributed by atoms with E-state index in [0.29, 0.717) is 11.1 Å². The number of pyridine rings is 1. The Morgan fingerprint density at radius 1 is 1.16 bits per heavy atom. The van der Waals surface area contributed by atoms with E-state index in [1.165, 1.54) is 7.11 Å². The van der Waals surface area contributed by atoms with E-state index in [0.717, 1.165) is 0 Å². The number of hydrogen-bond donors (Lipinski definition) is 1. The van der Waals surface area contributed by atoms with Crippen LogP contribution in [0.15, 0.2) is 54.9 Å². The third kappa shape index (κ3) is 2.98. The van der Waals surface area contributed by atoms with Gasteiger partial charge in [0.05, 0.1) is 13.2 Å². The lowest BCUT2D eigenvalue weighted by atomic mass is 9.90. The van der Waals surface area contributed by atoms with Gasteiger partial charge in [-0.05, 0) is 11.6 Å². The average Bonchev–Trinajstić information content (AvgIpc) is 2.49. The Morgan fingerprint density at radius 3 is 2.42 bits per heavy atom. The minimum Gasteiger partial charge on any atom is -0.468 e. The quantitative estimate of drug-likeness (QED) is 0.852. The Kier molecular flexibility index (Phi) is 4.26. The summed E-state index contributed by atoms with van der Waals surface area (Å²) in [7, 11) is 1.31. The van der Waals surface area contributed by atoms with Crippen LogP contribution in [0.1, 0.15) is 23.1 Å². The van der Waals surface area contributed by atoms with Crippen molar-refractivity contribution in [2.45, 2.75) is 12.0 Å². The molecule has 2 rings (SSSR count). The summed E-state index contributed by atoms with van der Waals surface area (Å²) in [4.78, 5) is 15.9. The maximum Gasteiger partial charge on any atom is 0.316 e. The van der Waals surface area contributed by atoms with Crippen molar-refractivity contribution < 1.29 is 14.6 Å². The first-order chi connectivity index (χ1) is 9.24. The third-order valence-electron chi connectivity index (χ3n) is 2.96. The van der Waals surface area contributed by atoms with Gasteiger partial charge in [-0.2, -0.15) is 0 Å². The van der Waals surface area contributed by atoms with E-state index in [-0.39, 0.29) is 0 Å². The molecule has 1 N–H and O–H groups in total. The highest BCUT2D eigenvalue weighted by Crippen LogP contribution is 2.31. The summed E-state index contributed by atoms with van der Waals surface area (Å²) in [6, 6.07) is 12.5. The highest BCUT2D eigenvalue weighted by atomic mass is 16.5. The van der Waals surface area contributed by atoms with Gasteiger partial charge in [0.2, 0.25) is 0 Å². The summed E-state index contributed by atoms with van der Waals surface area (Å²) >= 11 is 0. The summed E-state index contributed by atoms with van der Waals surface area (Å²) in [5, 5.41) is 10.4. The largest absolute Gasteiger partial charge is 0.468 e. The zero-order chi connectivity index (χ0) is 13.7. The average molecular weight is 257 g/mol. The Balaban J connectivity index is 2.36. The van der Waals surface area contributed by atoms with Gasteiger partial charge in [0.1, 0.15) is 5.92 Å². The van der Waals surface area contributed by atoms with Gasteiger partial charge in [-0.15, -0.1) is 0 Å². The van der Waals surface area contributed by atoms with Crippen molar-refractivity contribution in [2.24, 2.45) is 0 Å². The fourth-order valence-corrected chi connectivity index (χ4v) is 1.98. The summed E-state index contributed by atoms with van der Waals surface area (Å²) in [5.74, 6) is -1.22. The molecule has 1 aromatic heterocycles. The van der Waals surface area contributed by atoms with E-state index < -0.39 is 18.0 Å². The standard InChI is InChI=1S/C15H15NO3/c1-19-15(18)13(11-6-3-2-4-7-11)14(17)12-8-5-9-16-10-12/h2-10,13-14,17H,1H3/t13-,14-/m0/s1. The van der Waals surface area contributed by atoms with E-state index in [1.54, 1.807) is 36.7 Å². The van der Waals surface area contributed by atoms with Crippen molar-refractivity contribution in [3.05, 3.63) is 66.0 Å². The number of carbonyl (C=O) groups excluding carboxylic acids is 1. The number of rotatable bonds is 4. The molecule has 0 saturated heterocycles. The molecule has 4 nitrogen and oxygen atoms in total. The van der Waals surface area contributed by atoms with Crippen LogP contribution in [0.5, 0.6) is 0 Å². The second-order valence-electron chi connectivity index (χ2n) is 4.14. The number of ether oxygens (including phenoxy) is 1. The molecule has 1 heterocycles. The number of aliphatic hydroxyl groups is 1. The van der Waals surface area contributed by atoms with Crippen LogP contribution in [0.25, 0.3) is 0 Å². The van der Waals surface area contributed by atoms with E-state index in [2.05, 4.69) is 4.98 Å². The maximum atomic E-state index is 11.9. The first-order valence-corrected chi connectivity index (χ1v) is 5.95. The molecule has 2 atom stereocenters. The number of esters is 1. The van der Waals surface area contributed by atoms with Gasteiger partial charge in [0.15, 0.2) is 0 Å². The van der Waals surface area contributed by atoms with Crippen molar-refractivity contribution in [2.75, 3.05) is 7.11 Å². The van der Waals surface area contributed by atoms with E-state index in [9.17, 15) is 9.90 Å². The molecule has 98 valence electrons. The van der Waals surface area contributed by atoms with E-state index in [4.69, 9.17) is 4.74 Å². The van der Waals surface area contributed by atoms with Crippen LogP contribution in [-0.2, 0) is 9.53 Å². The predicted octanol–water partition coefficient (Wildman–Crippen LogP) is 2.07. The number of hydrogen-bond acceptors (Lipinski definition) is 4. The monoisotopic (exact) mass is 257 g/mol. The lowest BCUT2D eigenvalue weighted by Crippen LogP contribution is -2.21. The lowest BCUT2D eigenvalue weighted by Gasteiger charge is -2.21. The first-order valence-electron chi connectivity index (χ1n) is 5.95. The SMILES string of the molecule is COC(=O)[C@@H](c1ccccc1)[C@@H](O)c1cccnc1. The zero-order valence-corrected chi connectivity index (χ0v) is 10.6. The highest BCUT2D eigenvalue weighted by molar-refractivity contribution is 5.79. The molecule has 0 aliphatic carbocycles. The number of benzene rings is 1. The molecule has 0 bridgehead atoms. The number of aliphatic hydroxyl groups excluding tert-OH is 1. The van der Waals surface area contributed by atoms with E-state index >= 15 is 0 Å². The summed E-state index contributed by atoms with van der Waals surface area (Å²) < 4.78 is 4.79. The van der Waals surface area contributed by atoms with Crippen LogP contribution in [-0.4, -0.2) is 23.2 Å². The minimum absolute atomic E-state index is 0.470. The topological polar surface area (TPSA) is 59.4 Å². The molecule has 0 fully saturated rings. The third-order valence-corrected chi connectivity index (χ3v) is 2.96. The molecular formula is C15H15NO3. The highest BCUT2D eigenvalue weighted by Gasteiger charge is 2.30. The summed E-state index contributed by atoms with van der Waals surface area (Å²) in [5.41, 5.74) is 1.30. The molecule has 0 aliphatic heterocycles. The zero-order valence-electron chi connectivity index (χ0n) is 10.6. The molecule has 0 amide bonds. The Labute approximate surface area is 111 Å². The van der Waals surface area contributed by atoms with Crippen LogP contribution in [0, 0.1) is 0 Å². The summed E-state index contributed by atoms with van der Waals surface area (Å²) in [6.07, 6.45) is 2.18. The molecule has 0 saturated carbocycles. The normalized spacial score (nSPS) is 13.6. The van der Waals surface area contributed by atoms with Crippen LogP contribution < -0.4 is 0 Å². The minimum atomic E-state index is -0.983. The van der Waals surface area contributed by atoms with Crippen LogP contribution >= 0.6 is 0 Å². The van der Waals surface area contributed by atoms with Crippen molar-refractivity contribution in [3.8, 4) is 0 Å². The Bertz CT molecular complexity index is 528. The smallest absolute Gasteiger partial charge is 0.316 e. The summed E-state index contributed by atoms with van der Waals surface area (Å²) in [6.45, 7) is 0. The van der Waals surface area contributed by atoms with Crippen molar-refractivity contribution in [1.29, 1.82) is 0 Å². The molecule has 2 aromatic rings. The van der Waals surface area contributed by atoms with Gasteiger partial charge in [0.25, 0.3) is 0 Å². The van der Waals surface area contributed by atoms with Crippen molar-refractivity contribution >= 4 is 5.97 Å². The van der Waals surface area contributed by atoms with Crippen LogP contribution in [0.4, 0.5) is 0 Å². The fourth-order valence-electron chi connectivity index (χ4n) is 1.98. The Morgan fingerprint density at radius 2 is 1.84 bits per heavy atom. The molecule has 1 aromatic carbocycles. The molecule has 0 spiro atoms. The van der Waals surface area contributed by atoms with Gasteiger partial charge < -0.3 is 9.84 Å². The fraction of sp³-hybridized carbons (Fsp3) is 0.200. The second-order valence-corrected chi connectivity index (χ2v) is 4.14. The number of carbonyl (C=O) groups is 1. The number of aromatic nitrogens is 1. The van der Waals surface area contributed by atoms with Crippen molar-refractivity contribution in [3.63, 3.8) is 0 Å². The molecule has 4 heteroatoms. The Hall–Kier alpha value is -2.20. The predicted molar refractivity (Wildman–Crippen MR) is 70.4 cm³/mol. The lowest BCUT2D eigenvalue weighted by molar-refractivity contribution is -0.145. The first kappa shape index (κ1) is 13.2. The van der Waals surface area contributed by atoms with Gasteiger partial charge in [-0.1, -0.05) is 36.4 Å². The second kappa shape index (κ2) is 6.11. The van der Waals surface area contributed by atoms with E-state index in [1.807, 2.05) is 18.2 Å². The molecule has 0 radical (unpaired) electrons. The number of nitrogens with zero attached hydrogens (tertiary/aromatic N) is 1. The van der Waals surface area contributed by atoms with Crippen LogP contribution in [0.2, 0.25) is 0 Å². The number of methoxy groups -OCH3 is 1. The van der Waals surface area contributed by atoms with Gasteiger partial charge in [-0.25, -0.2) is 0 Å². The van der Waals surface area contributed by atoms with Gasteiger partial charge in [0, 0.05) is 18.0 Å². The molecule has 0 aliphatic rings. The molecular weight excluding hydrogens is 242 g/mol. The van der Waals surface area contributed by atoms with Crippen molar-refractivity contribution in [1.82, 2.24) is 4.98 Å².